The number of halogens is 5. The third-order valence-electron chi connectivity index (χ3n) is 3.18. The van der Waals surface area contributed by atoms with Gasteiger partial charge in [-0.2, -0.15) is 0 Å². The number of carbonyl (C=O) groups is 1. The first kappa shape index (κ1) is 18.5. The molecule has 0 spiro atoms. The van der Waals surface area contributed by atoms with Crippen molar-refractivity contribution in [3.8, 4) is 11.5 Å². The number of alkyl halides is 3. The van der Waals surface area contributed by atoms with E-state index in [0.717, 1.165) is 0 Å². The number of anilines is 1. The van der Waals surface area contributed by atoms with Crippen LogP contribution in [0.15, 0.2) is 42.5 Å². The second kappa shape index (κ2) is 6.82. The van der Waals surface area contributed by atoms with Gasteiger partial charge < -0.3 is 14.8 Å². The van der Waals surface area contributed by atoms with E-state index >= 15 is 0 Å². The van der Waals surface area contributed by atoms with Crippen LogP contribution in [0.1, 0.15) is 0 Å². The molecule has 0 bridgehead atoms. The second-order valence-corrected chi connectivity index (χ2v) is 8.07. The second-order valence-electron chi connectivity index (χ2n) is 4.98. The summed E-state index contributed by atoms with van der Waals surface area (Å²) < 4.78 is 8.97. The molecule has 0 radical (unpaired) electrons. The summed E-state index contributed by atoms with van der Waals surface area (Å²) >= 11 is 29.8. The van der Waals surface area contributed by atoms with Gasteiger partial charge in [0, 0.05) is 17.8 Å². The third-order valence-corrected chi connectivity index (χ3v) is 4.65. The summed E-state index contributed by atoms with van der Waals surface area (Å²) in [6.45, 7) is 0. The van der Waals surface area contributed by atoms with Crippen LogP contribution < -0.4 is 20.1 Å². The van der Waals surface area contributed by atoms with Gasteiger partial charge in [-0.3, -0.25) is 5.32 Å². The zero-order valence-corrected chi connectivity index (χ0v) is 15.9. The highest BCUT2D eigenvalue weighted by molar-refractivity contribution is 6.68. The lowest BCUT2D eigenvalue weighted by molar-refractivity contribution is -0.0922. The van der Waals surface area contributed by atoms with E-state index in [-0.39, 0.29) is 21.5 Å². The minimum absolute atomic E-state index is 0.167. The lowest BCUT2D eigenvalue weighted by Gasteiger charge is -2.33. The van der Waals surface area contributed by atoms with Crippen molar-refractivity contribution < 1.29 is 14.3 Å². The van der Waals surface area contributed by atoms with Crippen molar-refractivity contribution in [2.75, 3.05) is 5.32 Å². The molecular weight excluding hydrogens is 433 g/mol. The Labute approximate surface area is 168 Å². The van der Waals surface area contributed by atoms with Gasteiger partial charge in [-0.25, -0.2) is 4.79 Å². The molecule has 1 aliphatic heterocycles. The molecule has 132 valence electrons. The molecule has 1 aliphatic rings. The van der Waals surface area contributed by atoms with Gasteiger partial charge in [0.15, 0.2) is 11.5 Å². The maximum Gasteiger partial charge on any atom is 0.389 e. The molecule has 2 aromatic rings. The van der Waals surface area contributed by atoms with Crippen molar-refractivity contribution in [3.05, 3.63) is 52.5 Å². The smallest absolute Gasteiger partial charge is 0.389 e. The molecule has 0 unspecified atom stereocenters. The van der Waals surface area contributed by atoms with E-state index in [1.165, 1.54) is 12.1 Å². The highest BCUT2D eigenvalue weighted by atomic mass is 35.6. The van der Waals surface area contributed by atoms with Crippen LogP contribution in [-0.2, 0) is 0 Å². The zero-order chi connectivity index (χ0) is 18.2. The van der Waals surface area contributed by atoms with Crippen LogP contribution in [-0.4, -0.2) is 15.7 Å². The van der Waals surface area contributed by atoms with E-state index in [9.17, 15) is 4.79 Å². The van der Waals surface area contributed by atoms with Gasteiger partial charge in [-0.1, -0.05) is 76.2 Å². The molecule has 0 fully saturated rings. The Kier molecular flexibility index (Phi) is 5.06. The van der Waals surface area contributed by atoms with Crippen LogP contribution >= 0.6 is 58.0 Å². The minimum Gasteiger partial charge on any atom is -0.428 e. The van der Waals surface area contributed by atoms with E-state index in [0.29, 0.717) is 5.69 Å². The number of ether oxygens (including phenoxy) is 2. The van der Waals surface area contributed by atoms with Crippen LogP contribution in [0, 0.1) is 0 Å². The number of hydrogen-bond donors (Lipinski definition) is 2. The summed E-state index contributed by atoms with van der Waals surface area (Å²) in [5.41, 5.74) is 0.529. The van der Waals surface area contributed by atoms with Crippen molar-refractivity contribution >= 4 is 69.7 Å². The summed E-state index contributed by atoms with van der Waals surface area (Å²) in [5.74, 6) is -1.77. The van der Waals surface area contributed by atoms with Gasteiger partial charge >= 0.3 is 11.9 Å². The number of nitrogens with one attached hydrogen (secondary N) is 2. The van der Waals surface area contributed by atoms with Gasteiger partial charge in [0.05, 0.1) is 10.0 Å². The standard InChI is InChI=1S/C15H9Cl5N2O3/c16-9-6-11-12(7-10(9)17)25-15(24-11,14(18,19)20)22-13(23)21-8-4-2-1-3-5-8/h1-7H,(H2,21,22,23). The fourth-order valence-electron chi connectivity index (χ4n) is 2.07. The van der Waals surface area contributed by atoms with Crippen LogP contribution in [0.3, 0.4) is 0 Å². The van der Waals surface area contributed by atoms with Crippen molar-refractivity contribution in [1.82, 2.24) is 5.32 Å². The fraction of sp³-hybridized carbons (Fsp3) is 0.133. The Morgan fingerprint density at radius 2 is 1.48 bits per heavy atom. The van der Waals surface area contributed by atoms with Crippen molar-refractivity contribution in [2.45, 2.75) is 9.70 Å². The normalized spacial score (nSPS) is 14.9. The van der Waals surface area contributed by atoms with Crippen LogP contribution in [0.2, 0.25) is 10.0 Å². The van der Waals surface area contributed by atoms with Crippen LogP contribution in [0.4, 0.5) is 10.5 Å². The predicted molar refractivity (Wildman–Crippen MR) is 99.3 cm³/mol. The van der Waals surface area contributed by atoms with Crippen LogP contribution in [0.25, 0.3) is 0 Å². The molecular formula is C15H9Cl5N2O3. The first-order chi connectivity index (χ1) is 11.7. The molecule has 2 N–H and O–H groups in total. The van der Waals surface area contributed by atoms with E-state index in [1.54, 1.807) is 30.3 Å². The molecule has 10 heteroatoms. The average Bonchev–Trinajstić information content (AvgIpc) is 2.86. The van der Waals surface area contributed by atoms with Crippen LogP contribution in [0.5, 0.6) is 11.5 Å². The summed E-state index contributed by atoms with van der Waals surface area (Å²) in [7, 11) is 0. The predicted octanol–water partition coefficient (Wildman–Crippen LogP) is 5.61. The third kappa shape index (κ3) is 3.81. The molecule has 5 nitrogen and oxygen atoms in total. The molecule has 0 aromatic heterocycles. The van der Waals surface area contributed by atoms with E-state index < -0.39 is 15.7 Å². The monoisotopic (exact) mass is 440 g/mol. The molecule has 0 saturated carbocycles. The van der Waals surface area contributed by atoms with E-state index in [4.69, 9.17) is 67.5 Å². The Bertz CT molecular complexity index is 780. The lowest BCUT2D eigenvalue weighted by Crippen LogP contribution is -2.64. The quantitative estimate of drug-likeness (QED) is 0.595. The first-order valence-electron chi connectivity index (χ1n) is 6.78. The van der Waals surface area contributed by atoms with Gasteiger partial charge in [0.2, 0.25) is 0 Å². The summed E-state index contributed by atoms with van der Waals surface area (Å²) in [6.07, 6.45) is 0. The number of urea groups is 1. The molecule has 2 amide bonds. The molecule has 25 heavy (non-hydrogen) atoms. The van der Waals surface area contributed by atoms with E-state index in [1.807, 2.05) is 0 Å². The lowest BCUT2D eigenvalue weighted by atomic mass is 10.3. The summed E-state index contributed by atoms with van der Waals surface area (Å²) in [6, 6.07) is 10.8. The Morgan fingerprint density at radius 1 is 0.960 bits per heavy atom. The molecule has 0 aliphatic carbocycles. The van der Waals surface area contributed by atoms with Gasteiger partial charge in [-0.05, 0) is 12.1 Å². The summed E-state index contributed by atoms with van der Waals surface area (Å²) in [5, 5.41) is 5.41. The Hall–Kier alpha value is -1.24. The zero-order valence-electron chi connectivity index (χ0n) is 12.2. The topological polar surface area (TPSA) is 59.6 Å². The van der Waals surface area contributed by atoms with Crippen molar-refractivity contribution in [1.29, 1.82) is 0 Å². The number of fused-ring (bicyclic) bond motifs is 1. The largest absolute Gasteiger partial charge is 0.428 e. The van der Waals surface area contributed by atoms with E-state index in [2.05, 4.69) is 10.6 Å². The Morgan fingerprint density at radius 3 is 1.96 bits per heavy atom. The molecule has 1 heterocycles. The van der Waals surface area contributed by atoms with Gasteiger partial charge in [-0.15, -0.1) is 0 Å². The number of rotatable bonds is 2. The molecule has 0 saturated heterocycles. The number of carbonyl (C=O) groups excluding carboxylic acids is 1. The van der Waals surface area contributed by atoms with Crippen molar-refractivity contribution in [3.63, 3.8) is 0 Å². The SMILES string of the molecule is O=C(Nc1ccccc1)NC1(C(Cl)(Cl)Cl)Oc2cc(Cl)c(Cl)cc2O1. The van der Waals surface area contributed by atoms with Gasteiger partial charge in [0.1, 0.15) is 0 Å². The fourth-order valence-corrected chi connectivity index (χ4v) is 2.75. The average molecular weight is 443 g/mol. The maximum absolute atomic E-state index is 12.3. The minimum atomic E-state index is -2.17. The number of amides is 2. The molecule has 3 rings (SSSR count). The van der Waals surface area contributed by atoms with Crippen molar-refractivity contribution in [2.24, 2.45) is 0 Å². The highest BCUT2D eigenvalue weighted by Gasteiger charge is 2.59. The summed E-state index contributed by atoms with van der Waals surface area (Å²) in [4.78, 5) is 12.3. The first-order valence-corrected chi connectivity index (χ1v) is 8.67. The molecule has 2 aromatic carbocycles. The molecule has 0 atom stereocenters. The Balaban J connectivity index is 1.85. The maximum atomic E-state index is 12.3. The number of benzene rings is 2. The highest BCUT2D eigenvalue weighted by Crippen LogP contribution is 2.50. The number of hydrogen-bond acceptors (Lipinski definition) is 3. The number of para-hydroxylation sites is 1. The van der Waals surface area contributed by atoms with Gasteiger partial charge in [0.25, 0.3) is 3.79 Å².